The molecule has 1 aliphatic rings. The van der Waals surface area contributed by atoms with Crippen LogP contribution in [0, 0.1) is 11.3 Å². The minimum atomic E-state index is -0.307. The molecular weight excluding hydrogens is 268 g/mol. The number of thiophene rings is 1. The second-order valence-electron chi connectivity index (χ2n) is 6.21. The van der Waals surface area contributed by atoms with Crippen molar-refractivity contribution < 1.29 is 4.79 Å². The molecule has 1 aromatic heterocycles. The van der Waals surface area contributed by atoms with Crippen LogP contribution < -0.4 is 10.6 Å². The normalized spacial score (nSPS) is 21.4. The molecule has 112 valence electrons. The van der Waals surface area contributed by atoms with Crippen molar-refractivity contribution in [3.05, 3.63) is 22.4 Å². The highest BCUT2D eigenvalue weighted by Crippen LogP contribution is 2.33. The third kappa shape index (κ3) is 3.41. The van der Waals surface area contributed by atoms with Gasteiger partial charge in [-0.3, -0.25) is 4.79 Å². The Hall–Kier alpha value is -0.870. The first-order valence-corrected chi connectivity index (χ1v) is 8.48. The smallest absolute Gasteiger partial charge is 0.226 e. The third-order valence-corrected chi connectivity index (χ3v) is 5.49. The van der Waals surface area contributed by atoms with Gasteiger partial charge in [0, 0.05) is 10.3 Å². The van der Waals surface area contributed by atoms with Crippen LogP contribution >= 0.6 is 11.3 Å². The van der Waals surface area contributed by atoms with Crippen molar-refractivity contribution in [1.82, 2.24) is 10.6 Å². The lowest BCUT2D eigenvalue weighted by molar-refractivity contribution is -0.133. The van der Waals surface area contributed by atoms with Crippen molar-refractivity contribution in [1.29, 1.82) is 0 Å². The second-order valence-corrected chi connectivity index (χ2v) is 7.19. The van der Waals surface area contributed by atoms with Crippen LogP contribution in [0.2, 0.25) is 0 Å². The van der Waals surface area contributed by atoms with Gasteiger partial charge in [0.2, 0.25) is 5.91 Å². The lowest BCUT2D eigenvalue weighted by Crippen LogP contribution is -2.48. The lowest BCUT2D eigenvalue weighted by atomic mass is 9.74. The number of carbonyl (C=O) groups is 1. The number of carbonyl (C=O) groups excluding carboxylic acids is 1. The molecule has 0 radical (unpaired) electrons. The van der Waals surface area contributed by atoms with Crippen LogP contribution in [0.25, 0.3) is 0 Å². The molecule has 20 heavy (non-hydrogen) atoms. The molecule has 4 heteroatoms. The molecule has 0 aliphatic carbocycles. The molecule has 0 spiro atoms. The van der Waals surface area contributed by atoms with Crippen LogP contribution in [0.5, 0.6) is 0 Å². The van der Waals surface area contributed by atoms with Crippen LogP contribution in [0.4, 0.5) is 0 Å². The van der Waals surface area contributed by atoms with Crippen LogP contribution in [0.1, 0.15) is 51.0 Å². The highest BCUT2D eigenvalue weighted by Gasteiger charge is 2.38. The summed E-state index contributed by atoms with van der Waals surface area (Å²) in [7, 11) is 0. The van der Waals surface area contributed by atoms with Gasteiger partial charge in [-0.25, -0.2) is 0 Å². The zero-order valence-electron chi connectivity index (χ0n) is 12.7. The van der Waals surface area contributed by atoms with Gasteiger partial charge in [-0.15, -0.1) is 11.3 Å². The summed E-state index contributed by atoms with van der Waals surface area (Å²) in [5.74, 6) is 0.614. The maximum absolute atomic E-state index is 12.7. The molecule has 1 aliphatic heterocycles. The predicted octanol–water partition coefficient (Wildman–Crippen LogP) is 3.34. The fraction of sp³-hybridized carbons (Fsp3) is 0.688. The van der Waals surface area contributed by atoms with E-state index in [4.69, 9.17) is 0 Å². The molecule has 0 bridgehead atoms. The Morgan fingerprint density at radius 2 is 2.40 bits per heavy atom. The highest BCUT2D eigenvalue weighted by atomic mass is 32.1. The zero-order valence-corrected chi connectivity index (χ0v) is 13.6. The van der Waals surface area contributed by atoms with E-state index in [0.29, 0.717) is 5.92 Å². The fourth-order valence-electron chi connectivity index (χ4n) is 2.86. The first kappa shape index (κ1) is 15.5. The summed E-state index contributed by atoms with van der Waals surface area (Å²) < 4.78 is 0. The summed E-state index contributed by atoms with van der Waals surface area (Å²) in [5.41, 5.74) is -0.307. The molecule has 2 heterocycles. The maximum Gasteiger partial charge on any atom is 0.226 e. The van der Waals surface area contributed by atoms with Gasteiger partial charge in [-0.2, -0.15) is 0 Å². The van der Waals surface area contributed by atoms with E-state index in [9.17, 15) is 4.79 Å². The fourth-order valence-corrected chi connectivity index (χ4v) is 3.72. The average Bonchev–Trinajstić information content (AvgIpc) is 2.99. The van der Waals surface area contributed by atoms with Gasteiger partial charge in [-0.1, -0.05) is 26.8 Å². The average molecular weight is 294 g/mol. The topological polar surface area (TPSA) is 41.1 Å². The predicted molar refractivity (Wildman–Crippen MR) is 84.9 cm³/mol. The van der Waals surface area contributed by atoms with Crippen LogP contribution in [0.3, 0.4) is 0 Å². The van der Waals surface area contributed by atoms with Crippen molar-refractivity contribution in [3.63, 3.8) is 0 Å². The van der Waals surface area contributed by atoms with E-state index in [2.05, 4.69) is 42.9 Å². The van der Waals surface area contributed by atoms with Crippen molar-refractivity contribution in [2.24, 2.45) is 11.3 Å². The highest BCUT2D eigenvalue weighted by molar-refractivity contribution is 7.10. The van der Waals surface area contributed by atoms with E-state index in [0.717, 1.165) is 25.9 Å². The third-order valence-electron chi connectivity index (χ3n) is 4.50. The zero-order chi connectivity index (χ0) is 14.6. The minimum Gasteiger partial charge on any atom is -0.348 e. The number of hydrogen-bond acceptors (Lipinski definition) is 3. The molecule has 0 aromatic carbocycles. The quantitative estimate of drug-likeness (QED) is 0.874. The van der Waals surface area contributed by atoms with Crippen LogP contribution in [0.15, 0.2) is 17.5 Å². The van der Waals surface area contributed by atoms with E-state index >= 15 is 0 Å². The molecular formula is C16H26N2OS. The van der Waals surface area contributed by atoms with Gasteiger partial charge in [0.25, 0.3) is 0 Å². The molecule has 1 fully saturated rings. The Kier molecular flexibility index (Phi) is 5.22. The van der Waals surface area contributed by atoms with Crippen molar-refractivity contribution in [3.8, 4) is 0 Å². The number of rotatable bonds is 5. The summed E-state index contributed by atoms with van der Waals surface area (Å²) in [6.45, 7) is 8.33. The van der Waals surface area contributed by atoms with Gasteiger partial charge in [0.1, 0.15) is 0 Å². The van der Waals surface area contributed by atoms with E-state index in [1.807, 2.05) is 6.07 Å². The largest absolute Gasteiger partial charge is 0.348 e. The molecule has 2 atom stereocenters. The van der Waals surface area contributed by atoms with E-state index in [1.54, 1.807) is 11.3 Å². The summed E-state index contributed by atoms with van der Waals surface area (Å²) in [6.07, 6.45) is 3.25. The molecule has 1 aromatic rings. The van der Waals surface area contributed by atoms with Gasteiger partial charge in [0.15, 0.2) is 0 Å². The van der Waals surface area contributed by atoms with Crippen LogP contribution in [-0.2, 0) is 4.79 Å². The summed E-state index contributed by atoms with van der Waals surface area (Å²) in [5, 5.41) is 8.73. The first-order chi connectivity index (χ1) is 9.55. The second kappa shape index (κ2) is 6.72. The molecule has 0 saturated carbocycles. The van der Waals surface area contributed by atoms with Crippen LogP contribution in [-0.4, -0.2) is 19.0 Å². The van der Waals surface area contributed by atoms with Gasteiger partial charge >= 0.3 is 0 Å². The first-order valence-electron chi connectivity index (χ1n) is 7.60. The monoisotopic (exact) mass is 294 g/mol. The Balaban J connectivity index is 2.02. The lowest BCUT2D eigenvalue weighted by Gasteiger charge is -2.37. The Morgan fingerprint density at radius 3 is 2.95 bits per heavy atom. The minimum absolute atomic E-state index is 0.151. The summed E-state index contributed by atoms with van der Waals surface area (Å²) >= 11 is 1.72. The number of hydrogen-bond donors (Lipinski definition) is 2. The van der Waals surface area contributed by atoms with E-state index < -0.39 is 0 Å². The van der Waals surface area contributed by atoms with Crippen molar-refractivity contribution in [2.45, 2.75) is 46.1 Å². The molecule has 2 unspecified atom stereocenters. The molecule has 1 saturated heterocycles. The molecule has 3 nitrogen and oxygen atoms in total. The SMILES string of the molecule is CCC(NC(=O)C(C)(C)C1CCCNC1)c1cccs1. The molecule has 2 N–H and O–H groups in total. The standard InChI is InChI=1S/C16H26N2OS/c1-4-13(14-8-6-10-20-14)18-15(19)16(2,3)12-7-5-9-17-11-12/h6,8,10,12-13,17H,4-5,7,9,11H2,1-3H3,(H,18,19). The van der Waals surface area contributed by atoms with Gasteiger partial charge < -0.3 is 10.6 Å². The number of piperidine rings is 1. The molecule has 1 amide bonds. The Morgan fingerprint density at radius 1 is 1.60 bits per heavy atom. The van der Waals surface area contributed by atoms with Crippen molar-refractivity contribution >= 4 is 17.2 Å². The number of nitrogens with one attached hydrogen (secondary N) is 2. The van der Waals surface area contributed by atoms with E-state index in [1.165, 1.54) is 11.3 Å². The Bertz CT molecular complexity index is 422. The summed E-state index contributed by atoms with van der Waals surface area (Å²) in [6, 6.07) is 4.30. The summed E-state index contributed by atoms with van der Waals surface area (Å²) in [4.78, 5) is 13.9. The maximum atomic E-state index is 12.7. The van der Waals surface area contributed by atoms with Gasteiger partial charge in [0.05, 0.1) is 6.04 Å². The van der Waals surface area contributed by atoms with Crippen molar-refractivity contribution in [2.75, 3.05) is 13.1 Å². The van der Waals surface area contributed by atoms with E-state index in [-0.39, 0.29) is 17.4 Å². The Labute approximate surface area is 126 Å². The molecule has 2 rings (SSSR count). The van der Waals surface area contributed by atoms with Gasteiger partial charge in [-0.05, 0) is 49.7 Å². The number of amides is 1.